The summed E-state index contributed by atoms with van der Waals surface area (Å²) < 4.78 is 0. The molecule has 6 heteroatoms. The van der Waals surface area contributed by atoms with Crippen LogP contribution in [0.1, 0.15) is 5.69 Å². The van der Waals surface area contributed by atoms with Gasteiger partial charge >= 0.3 is 0 Å². The summed E-state index contributed by atoms with van der Waals surface area (Å²) in [5, 5.41) is 11.6. The predicted octanol–water partition coefficient (Wildman–Crippen LogP) is 8.48. The second-order valence-electron chi connectivity index (χ2n) is 10.3. The summed E-state index contributed by atoms with van der Waals surface area (Å²) in [7, 11) is 0. The van der Waals surface area contributed by atoms with E-state index in [1.165, 1.54) is 38.6 Å². The lowest BCUT2D eigenvalue weighted by molar-refractivity contribution is 1.16. The first-order valence-corrected chi connectivity index (χ1v) is 13.8. The van der Waals surface area contributed by atoms with Crippen molar-refractivity contribution < 1.29 is 0 Å². The summed E-state index contributed by atoms with van der Waals surface area (Å²) in [4.78, 5) is 21.8. The monoisotopic (exact) mass is 539 g/mol. The molecule has 6 nitrogen and oxygen atoms in total. The molecule has 0 N–H and O–H groups in total. The van der Waals surface area contributed by atoms with Gasteiger partial charge in [-0.2, -0.15) is 0 Å². The molecule has 0 atom stereocenters. The van der Waals surface area contributed by atoms with Gasteiger partial charge in [0, 0.05) is 41.5 Å². The van der Waals surface area contributed by atoms with E-state index >= 15 is 0 Å². The standard InChI is InChI=1S/C36H23N6/c1-2-4-30-29(3-1)33-13-23(25-7-11-35(41-19-25)27-15-37-21-38-16-27)5-9-31(33)32-10-6-24(14-34(30)32)26-8-12-36(42-20-26)28-17-39-22-40-18-28/h1-17,19-22H,18H2/q-1. The Hall–Kier alpha value is -5.75. The summed E-state index contributed by atoms with van der Waals surface area (Å²) in [6.07, 6.45) is 12.4. The molecular weight excluding hydrogens is 516 g/mol. The number of benzene rings is 4. The molecule has 0 bridgehead atoms. The molecule has 0 amide bonds. The molecule has 0 aliphatic carbocycles. The molecule has 0 fully saturated rings. The largest absolute Gasteiger partial charge is 0.467 e. The van der Waals surface area contributed by atoms with Crippen molar-refractivity contribution in [1.82, 2.24) is 19.9 Å². The summed E-state index contributed by atoms with van der Waals surface area (Å²) >= 11 is 0. The molecule has 3 aromatic heterocycles. The Morgan fingerprint density at radius 2 is 1.07 bits per heavy atom. The third-order valence-electron chi connectivity index (χ3n) is 7.86. The Labute approximate surface area is 242 Å². The SMILES string of the molecule is C1=NC=C(c2ccc(-c3ccc4c5ccc(-c6ccc(-c7cncnc7)nc6)cc5c5ccccc5c4c3)cn2)C[N-]1. The van der Waals surface area contributed by atoms with Crippen LogP contribution in [0.15, 0.2) is 127 Å². The highest BCUT2D eigenvalue weighted by atomic mass is 15.0. The third-order valence-corrected chi connectivity index (χ3v) is 7.86. The molecule has 1 aliphatic heterocycles. The zero-order valence-electron chi connectivity index (χ0n) is 22.5. The number of nitrogens with zero attached hydrogens (tertiary/aromatic N) is 6. The molecule has 198 valence electrons. The van der Waals surface area contributed by atoms with Crippen molar-refractivity contribution in [3.63, 3.8) is 0 Å². The smallest absolute Gasteiger partial charge is 0.115 e. The van der Waals surface area contributed by atoms with Crippen LogP contribution < -0.4 is 0 Å². The maximum atomic E-state index is 4.72. The van der Waals surface area contributed by atoms with Crippen molar-refractivity contribution in [1.29, 1.82) is 0 Å². The molecule has 4 heterocycles. The van der Waals surface area contributed by atoms with E-state index in [4.69, 9.17) is 4.98 Å². The summed E-state index contributed by atoms with van der Waals surface area (Å²) in [5.74, 6) is 0. The molecule has 4 aromatic carbocycles. The number of aromatic nitrogens is 4. The number of fused-ring (bicyclic) bond motifs is 6. The van der Waals surface area contributed by atoms with Crippen LogP contribution in [0.5, 0.6) is 0 Å². The first-order valence-electron chi connectivity index (χ1n) is 13.8. The van der Waals surface area contributed by atoms with Gasteiger partial charge in [-0.1, -0.05) is 66.9 Å². The van der Waals surface area contributed by atoms with E-state index in [1.54, 1.807) is 18.7 Å². The molecule has 0 spiro atoms. The van der Waals surface area contributed by atoms with E-state index in [0.29, 0.717) is 6.54 Å². The highest BCUT2D eigenvalue weighted by Gasteiger charge is 2.12. The van der Waals surface area contributed by atoms with Gasteiger partial charge in [-0.05, 0) is 79.8 Å². The Balaban J connectivity index is 1.22. The van der Waals surface area contributed by atoms with Gasteiger partial charge in [-0.15, -0.1) is 6.34 Å². The van der Waals surface area contributed by atoms with Crippen molar-refractivity contribution in [2.45, 2.75) is 0 Å². The number of hydrogen-bond donors (Lipinski definition) is 0. The van der Waals surface area contributed by atoms with E-state index in [2.05, 4.69) is 104 Å². The van der Waals surface area contributed by atoms with Crippen LogP contribution in [-0.2, 0) is 0 Å². The van der Waals surface area contributed by atoms with Gasteiger partial charge in [0.15, 0.2) is 0 Å². The summed E-state index contributed by atoms with van der Waals surface area (Å²) in [6.45, 7) is 0.609. The Bertz CT molecular complexity index is 2150. The molecule has 42 heavy (non-hydrogen) atoms. The van der Waals surface area contributed by atoms with Crippen LogP contribution in [0.25, 0.3) is 76.7 Å². The predicted molar refractivity (Wildman–Crippen MR) is 171 cm³/mol. The van der Waals surface area contributed by atoms with Crippen LogP contribution in [0.4, 0.5) is 0 Å². The van der Waals surface area contributed by atoms with Crippen molar-refractivity contribution >= 4 is 44.2 Å². The van der Waals surface area contributed by atoms with E-state index in [-0.39, 0.29) is 0 Å². The first-order chi connectivity index (χ1) is 20.8. The van der Waals surface area contributed by atoms with E-state index in [9.17, 15) is 0 Å². The minimum atomic E-state index is 0.609. The lowest BCUT2D eigenvalue weighted by atomic mass is 9.90. The Kier molecular flexibility index (Phi) is 5.74. The highest BCUT2D eigenvalue weighted by molar-refractivity contribution is 6.26. The normalized spacial score (nSPS) is 12.9. The molecular formula is C36H23N6-. The molecule has 0 saturated heterocycles. The van der Waals surface area contributed by atoms with Crippen molar-refractivity contribution in [3.8, 4) is 33.5 Å². The lowest BCUT2D eigenvalue weighted by Crippen LogP contribution is -1.97. The average Bonchev–Trinajstić information content (AvgIpc) is 3.09. The highest BCUT2D eigenvalue weighted by Crippen LogP contribution is 2.39. The minimum Gasteiger partial charge on any atom is -0.467 e. The Morgan fingerprint density at radius 1 is 0.500 bits per heavy atom. The number of pyridine rings is 2. The van der Waals surface area contributed by atoms with Gasteiger partial charge in [-0.25, -0.2) is 9.97 Å². The van der Waals surface area contributed by atoms with Crippen LogP contribution in [0.3, 0.4) is 0 Å². The maximum absolute atomic E-state index is 4.72. The zero-order chi connectivity index (χ0) is 27.9. The van der Waals surface area contributed by atoms with Gasteiger partial charge in [0.05, 0.1) is 11.4 Å². The second kappa shape index (κ2) is 10.0. The minimum absolute atomic E-state index is 0.609. The van der Waals surface area contributed by atoms with Crippen molar-refractivity contribution in [2.75, 3.05) is 6.54 Å². The fourth-order valence-corrected chi connectivity index (χ4v) is 5.73. The summed E-state index contributed by atoms with van der Waals surface area (Å²) in [5.41, 5.74) is 8.10. The molecule has 1 aliphatic rings. The van der Waals surface area contributed by atoms with Gasteiger partial charge in [0.25, 0.3) is 0 Å². The van der Waals surface area contributed by atoms with Gasteiger partial charge in [0.2, 0.25) is 0 Å². The topological polar surface area (TPSA) is 78.0 Å². The summed E-state index contributed by atoms with van der Waals surface area (Å²) in [6, 6.07) is 30.4. The molecule has 8 rings (SSSR count). The fraction of sp³-hybridized carbons (Fsp3) is 0.0278. The number of rotatable bonds is 4. The number of hydrogen-bond acceptors (Lipinski definition) is 5. The van der Waals surface area contributed by atoms with Crippen LogP contribution in [0, 0.1) is 0 Å². The zero-order valence-corrected chi connectivity index (χ0v) is 22.5. The van der Waals surface area contributed by atoms with Gasteiger partial charge in [0.1, 0.15) is 6.33 Å². The van der Waals surface area contributed by atoms with Crippen molar-refractivity contribution in [3.05, 3.63) is 133 Å². The molecule has 0 radical (unpaired) electrons. The first kappa shape index (κ1) is 24.1. The fourth-order valence-electron chi connectivity index (χ4n) is 5.73. The quantitative estimate of drug-likeness (QED) is 0.210. The van der Waals surface area contributed by atoms with Crippen LogP contribution in [0.2, 0.25) is 0 Å². The molecule has 0 saturated carbocycles. The Morgan fingerprint density at radius 3 is 1.62 bits per heavy atom. The molecule has 7 aromatic rings. The third kappa shape index (κ3) is 4.17. The second-order valence-corrected chi connectivity index (χ2v) is 10.3. The van der Waals surface area contributed by atoms with Crippen molar-refractivity contribution in [2.24, 2.45) is 4.99 Å². The van der Waals surface area contributed by atoms with Crippen LogP contribution >= 0.6 is 0 Å². The van der Waals surface area contributed by atoms with Gasteiger partial charge < -0.3 is 10.3 Å². The average molecular weight is 540 g/mol. The lowest BCUT2D eigenvalue weighted by Gasteiger charge is -2.16. The molecule has 0 unspecified atom stereocenters. The number of aliphatic imine (C=N–C) groups is 1. The van der Waals surface area contributed by atoms with Crippen LogP contribution in [-0.4, -0.2) is 32.8 Å². The van der Waals surface area contributed by atoms with Gasteiger partial charge in [-0.3, -0.25) is 9.97 Å². The van der Waals surface area contributed by atoms with E-state index in [0.717, 1.165) is 44.8 Å². The van der Waals surface area contributed by atoms with E-state index in [1.807, 2.05) is 24.7 Å². The maximum Gasteiger partial charge on any atom is 0.115 e. The van der Waals surface area contributed by atoms with E-state index < -0.39 is 0 Å².